The Balaban J connectivity index is 1.18. The summed E-state index contributed by atoms with van der Waals surface area (Å²) in [7, 11) is 0. The Kier molecular flexibility index (Phi) is 5.70. The van der Waals surface area contributed by atoms with E-state index in [2.05, 4.69) is 39.0 Å². The maximum Gasteiger partial charge on any atom is 0.246 e. The van der Waals surface area contributed by atoms with Crippen LogP contribution in [0.5, 0.6) is 0 Å². The molecule has 3 atom stereocenters. The van der Waals surface area contributed by atoms with Crippen molar-refractivity contribution in [2.75, 3.05) is 39.5 Å². The summed E-state index contributed by atoms with van der Waals surface area (Å²) in [6, 6.07) is 9.29. The summed E-state index contributed by atoms with van der Waals surface area (Å²) in [4.78, 5) is 15.3. The van der Waals surface area contributed by atoms with Crippen LogP contribution in [0.3, 0.4) is 0 Å². The molecule has 4 aliphatic rings. The number of nitrogens with one attached hydrogen (secondary N) is 1. The zero-order valence-corrected chi connectivity index (χ0v) is 18.9. The third-order valence-electron chi connectivity index (χ3n) is 8.26. The number of hydrogen-bond donors (Lipinski definition) is 1. The van der Waals surface area contributed by atoms with Crippen LogP contribution in [0.4, 0.5) is 0 Å². The summed E-state index contributed by atoms with van der Waals surface area (Å²) in [5.74, 6) is 1.31. The first-order valence-electron chi connectivity index (χ1n) is 12.6. The topological polar surface area (TPSA) is 55.7 Å². The SMILES string of the molecule is O=C(COC1CC2CCCN3CCc4c(n1c1ccccc41)C23)NCCC1CCOCC1. The number of nitrogens with zero attached hydrogens (tertiary/aromatic N) is 2. The van der Waals surface area contributed by atoms with Gasteiger partial charge < -0.3 is 19.4 Å². The van der Waals surface area contributed by atoms with Gasteiger partial charge in [0.1, 0.15) is 12.8 Å². The van der Waals surface area contributed by atoms with Crippen LogP contribution in [0.2, 0.25) is 0 Å². The molecule has 6 rings (SSSR count). The van der Waals surface area contributed by atoms with Crippen LogP contribution in [-0.4, -0.2) is 54.8 Å². The second-order valence-corrected chi connectivity index (χ2v) is 10.1. The van der Waals surface area contributed by atoms with Crippen molar-refractivity contribution in [3.05, 3.63) is 35.5 Å². The maximum atomic E-state index is 12.6. The highest BCUT2D eigenvalue weighted by molar-refractivity contribution is 5.86. The minimum absolute atomic E-state index is 0.00906. The molecule has 2 aromatic rings. The number of hydrogen-bond acceptors (Lipinski definition) is 4. The first-order chi connectivity index (χ1) is 15.8. The largest absolute Gasteiger partial charge is 0.381 e. The molecule has 0 spiro atoms. The van der Waals surface area contributed by atoms with Crippen molar-refractivity contribution in [2.24, 2.45) is 11.8 Å². The van der Waals surface area contributed by atoms with E-state index in [-0.39, 0.29) is 18.7 Å². The van der Waals surface area contributed by atoms with Crippen LogP contribution < -0.4 is 5.32 Å². The van der Waals surface area contributed by atoms with Crippen LogP contribution in [0.15, 0.2) is 24.3 Å². The lowest BCUT2D eigenvalue weighted by Crippen LogP contribution is -2.47. The molecule has 2 fully saturated rings. The highest BCUT2D eigenvalue weighted by Gasteiger charge is 2.45. The smallest absolute Gasteiger partial charge is 0.246 e. The third kappa shape index (κ3) is 3.66. The summed E-state index contributed by atoms with van der Waals surface area (Å²) in [5, 5.41) is 4.47. The fourth-order valence-electron chi connectivity index (χ4n) is 6.73. The number of fused-ring (bicyclic) bond motifs is 3. The van der Waals surface area contributed by atoms with Crippen LogP contribution in [-0.2, 0) is 20.7 Å². The van der Waals surface area contributed by atoms with E-state index < -0.39 is 0 Å². The molecule has 2 saturated heterocycles. The zero-order valence-electron chi connectivity index (χ0n) is 18.9. The lowest BCUT2D eigenvalue weighted by Gasteiger charge is -2.49. The summed E-state index contributed by atoms with van der Waals surface area (Å²) in [5.41, 5.74) is 4.26. The predicted molar refractivity (Wildman–Crippen MR) is 123 cm³/mol. The van der Waals surface area contributed by atoms with Crippen LogP contribution in [0.25, 0.3) is 10.9 Å². The van der Waals surface area contributed by atoms with Gasteiger partial charge >= 0.3 is 0 Å². The Morgan fingerprint density at radius 2 is 2.03 bits per heavy atom. The summed E-state index contributed by atoms with van der Waals surface area (Å²) < 4.78 is 14.2. The molecule has 1 aromatic heterocycles. The first kappa shape index (κ1) is 20.7. The molecule has 0 radical (unpaired) electrons. The van der Waals surface area contributed by atoms with Gasteiger partial charge in [0.2, 0.25) is 5.91 Å². The van der Waals surface area contributed by atoms with Gasteiger partial charge in [-0.3, -0.25) is 9.69 Å². The van der Waals surface area contributed by atoms with Crippen molar-refractivity contribution in [1.82, 2.24) is 14.8 Å². The lowest BCUT2D eigenvalue weighted by atomic mass is 9.78. The number of aromatic nitrogens is 1. The molecular formula is C26H35N3O3. The van der Waals surface area contributed by atoms with Gasteiger partial charge in [0.05, 0.1) is 11.6 Å². The van der Waals surface area contributed by atoms with Gasteiger partial charge in [-0.25, -0.2) is 0 Å². The van der Waals surface area contributed by atoms with Gasteiger partial charge in [-0.15, -0.1) is 0 Å². The fourth-order valence-corrected chi connectivity index (χ4v) is 6.73. The number of piperidine rings is 1. The van der Waals surface area contributed by atoms with Crippen molar-refractivity contribution in [3.8, 4) is 0 Å². The molecule has 1 amide bonds. The van der Waals surface area contributed by atoms with Gasteiger partial charge in [0.15, 0.2) is 0 Å². The minimum atomic E-state index is -0.0517. The molecule has 6 heteroatoms. The number of rotatable bonds is 6. The molecule has 5 heterocycles. The molecule has 3 unspecified atom stereocenters. The van der Waals surface area contributed by atoms with E-state index in [0.717, 1.165) is 51.9 Å². The van der Waals surface area contributed by atoms with Crippen LogP contribution in [0, 0.1) is 11.8 Å². The Morgan fingerprint density at radius 1 is 1.16 bits per heavy atom. The summed E-state index contributed by atoms with van der Waals surface area (Å²) in [6.45, 7) is 4.97. The van der Waals surface area contributed by atoms with Crippen molar-refractivity contribution in [2.45, 2.75) is 57.2 Å². The third-order valence-corrected chi connectivity index (χ3v) is 8.26. The highest BCUT2D eigenvalue weighted by atomic mass is 16.5. The van der Waals surface area contributed by atoms with E-state index in [0.29, 0.717) is 17.9 Å². The van der Waals surface area contributed by atoms with Gasteiger partial charge in [-0.2, -0.15) is 0 Å². The Labute approximate surface area is 190 Å². The molecule has 4 aliphatic heterocycles. The van der Waals surface area contributed by atoms with E-state index in [1.807, 2.05) is 0 Å². The standard InChI is InChI=1S/C26H35N3O3/c30-23(27-11-7-18-9-14-31-15-10-18)17-32-24-16-19-4-3-12-28-13-8-21-20-5-1-2-6-22(20)29(24)26(21)25(19)28/h1-2,5-6,18-19,24-25H,3-4,7-17H2,(H,27,30). The van der Waals surface area contributed by atoms with Crippen molar-refractivity contribution >= 4 is 16.8 Å². The zero-order chi connectivity index (χ0) is 21.5. The van der Waals surface area contributed by atoms with Gasteiger partial charge in [0, 0.05) is 37.4 Å². The van der Waals surface area contributed by atoms with Gasteiger partial charge in [0.25, 0.3) is 0 Å². The molecule has 6 nitrogen and oxygen atoms in total. The number of ether oxygens (including phenoxy) is 2. The summed E-state index contributed by atoms with van der Waals surface area (Å²) in [6.07, 6.45) is 7.86. The Hall–Kier alpha value is -1.89. The number of carbonyl (C=O) groups excluding carboxylic acids is 1. The molecule has 0 aliphatic carbocycles. The van der Waals surface area contributed by atoms with E-state index in [1.165, 1.54) is 48.1 Å². The lowest BCUT2D eigenvalue weighted by molar-refractivity contribution is -0.132. The first-order valence-corrected chi connectivity index (χ1v) is 12.6. The van der Waals surface area contributed by atoms with E-state index in [4.69, 9.17) is 9.47 Å². The molecule has 1 aromatic carbocycles. The van der Waals surface area contributed by atoms with Gasteiger partial charge in [-0.1, -0.05) is 18.2 Å². The predicted octanol–water partition coefficient (Wildman–Crippen LogP) is 3.80. The van der Waals surface area contributed by atoms with Crippen molar-refractivity contribution in [1.29, 1.82) is 0 Å². The second kappa shape index (κ2) is 8.81. The number of carbonyl (C=O) groups is 1. The van der Waals surface area contributed by atoms with Gasteiger partial charge in [-0.05, 0) is 75.0 Å². The van der Waals surface area contributed by atoms with E-state index >= 15 is 0 Å². The number of para-hydroxylation sites is 1. The number of benzene rings is 1. The van der Waals surface area contributed by atoms with Crippen molar-refractivity contribution in [3.63, 3.8) is 0 Å². The van der Waals surface area contributed by atoms with E-state index in [1.54, 1.807) is 0 Å². The molecule has 32 heavy (non-hydrogen) atoms. The molecule has 1 N–H and O–H groups in total. The molecule has 0 bridgehead atoms. The van der Waals surface area contributed by atoms with E-state index in [9.17, 15) is 4.79 Å². The highest BCUT2D eigenvalue weighted by Crippen LogP contribution is 2.51. The Bertz CT molecular complexity index is 980. The quantitative estimate of drug-likeness (QED) is 0.747. The second-order valence-electron chi connectivity index (χ2n) is 10.1. The van der Waals surface area contributed by atoms with Crippen LogP contribution >= 0.6 is 0 Å². The average Bonchev–Trinajstić information content (AvgIpc) is 3.18. The normalized spacial score (nSPS) is 27.9. The van der Waals surface area contributed by atoms with Crippen LogP contribution in [0.1, 0.15) is 62.1 Å². The maximum absolute atomic E-state index is 12.6. The molecule has 172 valence electrons. The summed E-state index contributed by atoms with van der Waals surface area (Å²) >= 11 is 0. The average molecular weight is 438 g/mol. The molecular weight excluding hydrogens is 402 g/mol. The Morgan fingerprint density at radius 3 is 2.94 bits per heavy atom. The fraction of sp³-hybridized carbons (Fsp3) is 0.654. The van der Waals surface area contributed by atoms with Crippen molar-refractivity contribution < 1.29 is 14.3 Å². The molecule has 0 saturated carbocycles. The minimum Gasteiger partial charge on any atom is -0.381 e. The number of amides is 1. The monoisotopic (exact) mass is 437 g/mol.